The monoisotopic (exact) mass is 643 g/mol. The number of aliphatic imine (C=N–C) groups is 2. The average Bonchev–Trinajstić information content (AvgIpc) is 3.78. The van der Waals surface area contributed by atoms with Crippen LogP contribution in [0.25, 0.3) is 30.0 Å². The molecule has 2 atom stereocenters. The molecule has 3 aliphatic heterocycles. The molecule has 3 aromatic rings. The Balaban J connectivity index is 1.53. The number of fused-ring (bicyclic) bond motifs is 8. The maximum atomic E-state index is 12.3. The van der Waals surface area contributed by atoms with Crippen LogP contribution in [0.4, 0.5) is 0 Å². The number of aromatic nitrogens is 3. The number of carbonyl (C=O) groups is 2. The van der Waals surface area contributed by atoms with Crippen molar-refractivity contribution >= 4 is 53.4 Å². The number of aromatic amines is 2. The van der Waals surface area contributed by atoms with Crippen LogP contribution in [0.15, 0.2) is 33.4 Å². The van der Waals surface area contributed by atoms with E-state index in [1.165, 1.54) is 25.4 Å². The summed E-state index contributed by atoms with van der Waals surface area (Å²) in [7, 11) is 2.83. The van der Waals surface area contributed by atoms with E-state index in [9.17, 15) is 9.59 Å². The molecule has 0 fully saturated rings. The highest BCUT2D eigenvalue weighted by Crippen LogP contribution is 2.43. The molecule has 9 nitrogen and oxygen atoms in total. The number of hydrogen-bond donors (Lipinski definition) is 2. The number of aryl methyl sites for hydroxylation is 1. The zero-order valence-electron chi connectivity index (χ0n) is 28.6. The molecule has 246 valence electrons. The van der Waals surface area contributed by atoms with Gasteiger partial charge in [0.15, 0.2) is 0 Å². The summed E-state index contributed by atoms with van der Waals surface area (Å²) < 4.78 is 10.00. The quantitative estimate of drug-likeness (QED) is 0.352. The second kappa shape index (κ2) is 12.2. The molecule has 0 spiro atoms. The standard InChI is InChI=1S/C39H41N5O4/c1-8-23-20(3)30-15-28-21(4)24(10-13-34(45)47-6)31(41-28)17-32-25(11-14-35(46)48-7)22(5)29(42-32)16-33-36-19(2)18-40-27-12-9-26(38(23)43-30)39(44-33)37(27)36/h9,12,15-18,26,38,41-42H,8,10-11,13-14H2,1-7H3. The molecule has 0 saturated heterocycles. The van der Waals surface area contributed by atoms with Gasteiger partial charge in [-0.1, -0.05) is 13.0 Å². The van der Waals surface area contributed by atoms with Gasteiger partial charge in [0.25, 0.3) is 0 Å². The number of H-pyrrole nitrogens is 2. The van der Waals surface area contributed by atoms with E-state index < -0.39 is 0 Å². The van der Waals surface area contributed by atoms with E-state index in [-0.39, 0.29) is 36.7 Å². The highest BCUT2D eigenvalue weighted by Gasteiger charge is 2.39. The first kappa shape index (κ1) is 31.5. The lowest BCUT2D eigenvalue weighted by Gasteiger charge is -2.25. The Hall–Kier alpha value is -5.05. The number of nitrogens with zero attached hydrogens (tertiary/aromatic N) is 3. The molecule has 0 aromatic carbocycles. The maximum Gasteiger partial charge on any atom is 0.305 e. The van der Waals surface area contributed by atoms with Gasteiger partial charge in [0, 0.05) is 58.2 Å². The van der Waals surface area contributed by atoms with Gasteiger partial charge in [0.2, 0.25) is 0 Å². The summed E-state index contributed by atoms with van der Waals surface area (Å²) in [5.74, 6) is -0.549. The fraction of sp³-hybridized carbons (Fsp3) is 0.359. The Morgan fingerprint density at radius 3 is 2.29 bits per heavy atom. The van der Waals surface area contributed by atoms with Crippen molar-refractivity contribution in [1.29, 1.82) is 0 Å². The normalized spacial score (nSPS) is 18.6. The van der Waals surface area contributed by atoms with E-state index in [1.807, 2.05) is 6.20 Å². The van der Waals surface area contributed by atoms with E-state index in [1.54, 1.807) is 0 Å². The zero-order valence-corrected chi connectivity index (χ0v) is 28.6. The van der Waals surface area contributed by atoms with Crippen LogP contribution in [-0.4, -0.2) is 58.6 Å². The Morgan fingerprint density at radius 1 is 0.854 bits per heavy atom. The van der Waals surface area contributed by atoms with Crippen LogP contribution in [-0.2, 0) is 31.9 Å². The lowest BCUT2D eigenvalue weighted by molar-refractivity contribution is -0.141. The van der Waals surface area contributed by atoms with Crippen molar-refractivity contribution in [2.24, 2.45) is 15.9 Å². The molecule has 2 unspecified atom stereocenters. The van der Waals surface area contributed by atoms with Crippen molar-refractivity contribution in [3.63, 3.8) is 0 Å². The Kier molecular flexibility index (Phi) is 8.01. The summed E-state index contributed by atoms with van der Waals surface area (Å²) in [6.45, 7) is 10.6. The summed E-state index contributed by atoms with van der Waals surface area (Å²) in [5, 5.41) is 1.85. The second-order valence-electron chi connectivity index (χ2n) is 13.0. The number of ether oxygens (including phenoxy) is 2. The molecule has 48 heavy (non-hydrogen) atoms. The van der Waals surface area contributed by atoms with E-state index in [0.717, 1.165) is 90.3 Å². The van der Waals surface area contributed by atoms with Crippen LogP contribution in [0.2, 0.25) is 0 Å². The van der Waals surface area contributed by atoms with Gasteiger partial charge >= 0.3 is 11.9 Å². The van der Waals surface area contributed by atoms with Gasteiger partial charge in [-0.25, -0.2) is 0 Å². The van der Waals surface area contributed by atoms with Crippen LogP contribution in [0, 0.1) is 26.7 Å². The number of allylic oxidation sites excluding steroid dienone is 1. The SMILES string of the molecule is CCC1=C(C)C2=NC1C1C=Cc3ncc(C)c4c3C1=NC4=Cc1[nH]c(c(CCC(=O)OC)c1C)C=c1[nH]c(c(C)c1CCC(=O)OC)=C2. The van der Waals surface area contributed by atoms with Crippen LogP contribution >= 0.6 is 0 Å². The van der Waals surface area contributed by atoms with Gasteiger partial charge in [0.1, 0.15) is 0 Å². The molecule has 0 amide bonds. The molecule has 2 N–H and O–H groups in total. The highest BCUT2D eigenvalue weighted by atomic mass is 16.5. The smallest absolute Gasteiger partial charge is 0.305 e. The van der Waals surface area contributed by atoms with E-state index in [2.05, 4.69) is 75.0 Å². The van der Waals surface area contributed by atoms with E-state index in [0.29, 0.717) is 12.8 Å². The van der Waals surface area contributed by atoms with E-state index in [4.69, 9.17) is 24.4 Å². The fourth-order valence-electron chi connectivity index (χ4n) is 7.71. The van der Waals surface area contributed by atoms with E-state index >= 15 is 0 Å². The second-order valence-corrected chi connectivity index (χ2v) is 13.0. The number of methoxy groups -OCH3 is 2. The Bertz CT molecular complexity index is 2190. The zero-order chi connectivity index (χ0) is 33.9. The van der Waals surface area contributed by atoms with Crippen molar-refractivity contribution < 1.29 is 19.1 Å². The van der Waals surface area contributed by atoms with Gasteiger partial charge < -0.3 is 19.4 Å². The third-order valence-electron chi connectivity index (χ3n) is 10.4. The molecule has 8 bridgehead atoms. The molecule has 0 radical (unpaired) electrons. The number of hydrogen-bond acceptors (Lipinski definition) is 7. The minimum absolute atomic E-state index is 0.0328. The molecule has 3 aromatic heterocycles. The predicted molar refractivity (Wildman–Crippen MR) is 189 cm³/mol. The average molecular weight is 644 g/mol. The summed E-state index contributed by atoms with van der Waals surface area (Å²) in [6.07, 6.45) is 15.1. The van der Waals surface area contributed by atoms with Crippen molar-refractivity contribution in [3.05, 3.63) is 90.1 Å². The number of pyridine rings is 1. The van der Waals surface area contributed by atoms with Crippen LogP contribution < -0.4 is 10.7 Å². The number of carbonyl (C=O) groups excluding carboxylic acids is 2. The van der Waals surface area contributed by atoms with Gasteiger partial charge in [-0.2, -0.15) is 0 Å². The van der Waals surface area contributed by atoms with Gasteiger partial charge in [-0.3, -0.25) is 24.6 Å². The third-order valence-corrected chi connectivity index (χ3v) is 10.4. The molecular formula is C39H41N5O4. The molecule has 4 aliphatic rings. The van der Waals surface area contributed by atoms with Crippen molar-refractivity contribution in [2.45, 2.75) is 72.8 Å². The highest BCUT2D eigenvalue weighted by molar-refractivity contribution is 6.23. The summed E-state index contributed by atoms with van der Waals surface area (Å²) in [6, 6.07) is -0.0751. The minimum Gasteiger partial charge on any atom is -0.469 e. The number of rotatable bonds is 7. The Labute approximate surface area is 280 Å². The van der Waals surface area contributed by atoms with Crippen LogP contribution in [0.1, 0.15) is 89.1 Å². The number of esters is 2. The minimum atomic E-state index is -0.261. The lowest BCUT2D eigenvalue weighted by atomic mass is 9.80. The molecule has 9 heteroatoms. The first-order valence-corrected chi connectivity index (χ1v) is 16.7. The van der Waals surface area contributed by atoms with Crippen molar-refractivity contribution in [1.82, 2.24) is 15.0 Å². The fourth-order valence-corrected chi connectivity index (χ4v) is 7.71. The summed E-state index contributed by atoms with van der Waals surface area (Å²) in [4.78, 5) is 47.5. The summed E-state index contributed by atoms with van der Waals surface area (Å²) >= 11 is 0. The lowest BCUT2D eigenvalue weighted by Crippen LogP contribution is -2.29. The molecule has 7 rings (SSSR count). The first-order chi connectivity index (χ1) is 23.1. The van der Waals surface area contributed by atoms with Crippen molar-refractivity contribution in [2.75, 3.05) is 14.2 Å². The van der Waals surface area contributed by atoms with Crippen LogP contribution in [0.5, 0.6) is 0 Å². The molecule has 6 heterocycles. The first-order valence-electron chi connectivity index (χ1n) is 16.7. The van der Waals surface area contributed by atoms with Crippen molar-refractivity contribution in [3.8, 4) is 0 Å². The van der Waals surface area contributed by atoms with Crippen LogP contribution in [0.3, 0.4) is 0 Å². The number of nitrogens with one attached hydrogen (secondary N) is 2. The summed E-state index contributed by atoms with van der Waals surface area (Å²) in [5.41, 5.74) is 15.6. The topological polar surface area (TPSA) is 122 Å². The Morgan fingerprint density at radius 2 is 1.58 bits per heavy atom. The van der Waals surface area contributed by atoms with Gasteiger partial charge in [-0.05, 0) is 110 Å². The maximum absolute atomic E-state index is 12.3. The molecule has 0 saturated carbocycles. The molecule has 1 aliphatic carbocycles. The van der Waals surface area contributed by atoms with Gasteiger partial charge in [0.05, 0.1) is 43.1 Å². The molecular weight excluding hydrogens is 602 g/mol. The third kappa shape index (κ3) is 5.12. The predicted octanol–water partition coefficient (Wildman–Crippen LogP) is 4.99. The largest absolute Gasteiger partial charge is 0.469 e. The van der Waals surface area contributed by atoms with Gasteiger partial charge in [-0.15, -0.1) is 0 Å².